The molecule has 114 valence electrons. The van der Waals surface area contributed by atoms with E-state index in [1.807, 2.05) is 19.1 Å². The van der Waals surface area contributed by atoms with E-state index in [0.29, 0.717) is 0 Å². The summed E-state index contributed by atoms with van der Waals surface area (Å²) in [4.78, 5) is 0. The lowest BCUT2D eigenvalue weighted by Crippen LogP contribution is -2.01. The van der Waals surface area contributed by atoms with E-state index < -0.39 is 0 Å². The molecule has 0 aliphatic rings. The van der Waals surface area contributed by atoms with Crippen LogP contribution in [0.1, 0.15) is 65.2 Å². The highest BCUT2D eigenvalue weighted by atomic mass is 16.5. The number of hydrogen-bond acceptors (Lipinski definition) is 2. The summed E-state index contributed by atoms with van der Waals surface area (Å²) in [5, 5.41) is 3.47. The van der Waals surface area contributed by atoms with E-state index in [1.165, 1.54) is 57.1 Å². The summed E-state index contributed by atoms with van der Waals surface area (Å²) >= 11 is 0. The molecular formula is C18H31NO. The van der Waals surface area contributed by atoms with Gasteiger partial charge in [-0.1, -0.05) is 51.9 Å². The van der Waals surface area contributed by atoms with Crippen LogP contribution in [-0.2, 0) is 0 Å². The third kappa shape index (κ3) is 8.08. The van der Waals surface area contributed by atoms with Crippen LogP contribution in [0.5, 0.6) is 5.75 Å². The van der Waals surface area contributed by atoms with Crippen molar-refractivity contribution in [2.45, 2.75) is 65.2 Å². The van der Waals surface area contributed by atoms with Crippen molar-refractivity contribution in [1.29, 1.82) is 0 Å². The Hall–Kier alpha value is -1.18. The molecule has 0 fully saturated rings. The number of benzene rings is 1. The Kier molecular flexibility index (Phi) is 9.81. The molecule has 0 amide bonds. The van der Waals surface area contributed by atoms with E-state index in [2.05, 4.69) is 24.4 Å². The van der Waals surface area contributed by atoms with Crippen LogP contribution in [0.15, 0.2) is 24.3 Å². The fourth-order valence-electron chi connectivity index (χ4n) is 2.33. The number of hydrogen-bond donors (Lipinski definition) is 1. The first-order chi connectivity index (χ1) is 9.86. The molecule has 1 N–H and O–H groups in total. The molecule has 0 radical (unpaired) electrons. The zero-order valence-corrected chi connectivity index (χ0v) is 13.3. The molecule has 0 aliphatic heterocycles. The monoisotopic (exact) mass is 277 g/mol. The van der Waals surface area contributed by atoms with Crippen molar-refractivity contribution in [2.75, 3.05) is 18.5 Å². The van der Waals surface area contributed by atoms with Crippen LogP contribution in [0.3, 0.4) is 0 Å². The lowest BCUT2D eigenvalue weighted by atomic mass is 10.1. The average Bonchev–Trinajstić information content (AvgIpc) is 2.47. The van der Waals surface area contributed by atoms with Gasteiger partial charge in [0.2, 0.25) is 0 Å². The van der Waals surface area contributed by atoms with Crippen molar-refractivity contribution < 1.29 is 4.74 Å². The summed E-state index contributed by atoms with van der Waals surface area (Å²) in [5.41, 5.74) is 1.19. The van der Waals surface area contributed by atoms with Crippen molar-refractivity contribution in [3.8, 4) is 5.75 Å². The largest absolute Gasteiger partial charge is 0.494 e. The SMILES string of the molecule is CCCCCCCCCCNc1ccc(OCC)cc1. The highest BCUT2D eigenvalue weighted by Crippen LogP contribution is 2.16. The van der Waals surface area contributed by atoms with Gasteiger partial charge in [-0.3, -0.25) is 0 Å². The first kappa shape index (κ1) is 16.9. The average molecular weight is 277 g/mol. The standard InChI is InChI=1S/C18H31NO/c1-3-5-6-7-8-9-10-11-16-19-17-12-14-18(15-13-17)20-4-2/h12-15,19H,3-11,16H2,1-2H3. The van der Waals surface area contributed by atoms with Crippen LogP contribution < -0.4 is 10.1 Å². The molecule has 0 unspecified atom stereocenters. The van der Waals surface area contributed by atoms with Crippen LogP contribution in [-0.4, -0.2) is 13.2 Å². The fourth-order valence-corrected chi connectivity index (χ4v) is 2.33. The van der Waals surface area contributed by atoms with Gasteiger partial charge in [-0.05, 0) is 37.6 Å². The summed E-state index contributed by atoms with van der Waals surface area (Å²) in [6.45, 7) is 6.08. The quantitative estimate of drug-likeness (QED) is 0.499. The van der Waals surface area contributed by atoms with Gasteiger partial charge in [0.25, 0.3) is 0 Å². The van der Waals surface area contributed by atoms with Crippen molar-refractivity contribution >= 4 is 5.69 Å². The highest BCUT2D eigenvalue weighted by Gasteiger charge is 1.95. The lowest BCUT2D eigenvalue weighted by molar-refractivity contribution is 0.340. The highest BCUT2D eigenvalue weighted by molar-refractivity contribution is 5.46. The summed E-state index contributed by atoms with van der Waals surface area (Å²) in [6, 6.07) is 8.24. The van der Waals surface area contributed by atoms with E-state index in [4.69, 9.17) is 4.74 Å². The van der Waals surface area contributed by atoms with E-state index in [9.17, 15) is 0 Å². The lowest BCUT2D eigenvalue weighted by Gasteiger charge is -2.08. The van der Waals surface area contributed by atoms with E-state index in [-0.39, 0.29) is 0 Å². The number of ether oxygens (including phenoxy) is 1. The second-order valence-electron chi connectivity index (χ2n) is 5.36. The molecule has 0 atom stereocenters. The minimum absolute atomic E-state index is 0.727. The van der Waals surface area contributed by atoms with E-state index >= 15 is 0 Å². The predicted octanol–water partition coefficient (Wildman–Crippen LogP) is 5.64. The van der Waals surface area contributed by atoms with Crippen LogP contribution in [0.4, 0.5) is 5.69 Å². The number of nitrogens with one attached hydrogen (secondary N) is 1. The summed E-state index contributed by atoms with van der Waals surface area (Å²) in [5.74, 6) is 0.949. The maximum absolute atomic E-state index is 5.43. The molecule has 0 aromatic heterocycles. The van der Waals surface area contributed by atoms with Crippen LogP contribution in [0, 0.1) is 0 Å². The molecular weight excluding hydrogens is 246 g/mol. The van der Waals surface area contributed by atoms with Gasteiger partial charge in [-0.15, -0.1) is 0 Å². The predicted molar refractivity (Wildman–Crippen MR) is 88.7 cm³/mol. The smallest absolute Gasteiger partial charge is 0.119 e. The van der Waals surface area contributed by atoms with E-state index in [1.54, 1.807) is 0 Å². The van der Waals surface area contributed by atoms with Gasteiger partial charge < -0.3 is 10.1 Å². The zero-order chi connectivity index (χ0) is 14.5. The zero-order valence-electron chi connectivity index (χ0n) is 13.3. The van der Waals surface area contributed by atoms with Gasteiger partial charge in [-0.2, -0.15) is 0 Å². The first-order valence-corrected chi connectivity index (χ1v) is 8.33. The number of rotatable bonds is 12. The molecule has 2 nitrogen and oxygen atoms in total. The van der Waals surface area contributed by atoms with Gasteiger partial charge in [0.05, 0.1) is 6.61 Å². The van der Waals surface area contributed by atoms with Crippen molar-refractivity contribution in [1.82, 2.24) is 0 Å². The molecule has 1 rings (SSSR count). The Morgan fingerprint density at radius 3 is 2.00 bits per heavy atom. The van der Waals surface area contributed by atoms with Gasteiger partial charge in [-0.25, -0.2) is 0 Å². The normalized spacial score (nSPS) is 10.5. The summed E-state index contributed by atoms with van der Waals surface area (Å²) < 4.78 is 5.43. The Morgan fingerprint density at radius 1 is 0.800 bits per heavy atom. The maximum atomic E-state index is 5.43. The van der Waals surface area contributed by atoms with E-state index in [0.717, 1.165) is 18.9 Å². The van der Waals surface area contributed by atoms with Crippen LogP contribution in [0.25, 0.3) is 0 Å². The Morgan fingerprint density at radius 2 is 1.40 bits per heavy atom. The van der Waals surface area contributed by atoms with Crippen molar-refractivity contribution in [2.24, 2.45) is 0 Å². The Balaban J connectivity index is 1.98. The molecule has 20 heavy (non-hydrogen) atoms. The van der Waals surface area contributed by atoms with Gasteiger partial charge in [0, 0.05) is 12.2 Å². The van der Waals surface area contributed by atoms with Gasteiger partial charge >= 0.3 is 0 Å². The van der Waals surface area contributed by atoms with Crippen LogP contribution >= 0.6 is 0 Å². The van der Waals surface area contributed by atoms with Gasteiger partial charge in [0.1, 0.15) is 5.75 Å². The Labute approximate surface area is 124 Å². The molecule has 0 aliphatic carbocycles. The second kappa shape index (κ2) is 11.6. The summed E-state index contributed by atoms with van der Waals surface area (Å²) in [7, 11) is 0. The fraction of sp³-hybridized carbons (Fsp3) is 0.667. The molecule has 0 heterocycles. The summed E-state index contributed by atoms with van der Waals surface area (Å²) in [6.07, 6.45) is 11.0. The van der Waals surface area contributed by atoms with Gasteiger partial charge in [0.15, 0.2) is 0 Å². The number of anilines is 1. The minimum Gasteiger partial charge on any atom is -0.494 e. The maximum Gasteiger partial charge on any atom is 0.119 e. The molecule has 0 spiro atoms. The molecule has 0 saturated carbocycles. The first-order valence-electron chi connectivity index (χ1n) is 8.33. The topological polar surface area (TPSA) is 21.3 Å². The van der Waals surface area contributed by atoms with Crippen molar-refractivity contribution in [3.05, 3.63) is 24.3 Å². The molecule has 2 heteroatoms. The molecule has 1 aromatic rings. The minimum atomic E-state index is 0.727. The Bertz CT molecular complexity index is 321. The van der Waals surface area contributed by atoms with Crippen LogP contribution in [0.2, 0.25) is 0 Å². The molecule has 0 bridgehead atoms. The number of unbranched alkanes of at least 4 members (excludes halogenated alkanes) is 7. The van der Waals surface area contributed by atoms with Crippen molar-refractivity contribution in [3.63, 3.8) is 0 Å². The third-order valence-corrected chi connectivity index (χ3v) is 3.52. The second-order valence-corrected chi connectivity index (χ2v) is 5.36. The molecule has 1 aromatic carbocycles. The third-order valence-electron chi connectivity index (χ3n) is 3.52. The molecule has 0 saturated heterocycles.